The minimum Gasteiger partial charge on any atom is -0.376 e. The second kappa shape index (κ2) is 7.09. The zero-order chi connectivity index (χ0) is 15.2. The van der Waals surface area contributed by atoms with Gasteiger partial charge in [0.2, 0.25) is 5.91 Å². The lowest BCUT2D eigenvalue weighted by Crippen LogP contribution is -2.35. The van der Waals surface area contributed by atoms with E-state index in [0.717, 1.165) is 5.69 Å². The molecule has 0 aliphatic heterocycles. The summed E-state index contributed by atoms with van der Waals surface area (Å²) in [5.41, 5.74) is 1.36. The van der Waals surface area contributed by atoms with Crippen molar-refractivity contribution in [2.45, 2.75) is 6.92 Å². The average molecular weight is 307 g/mol. The Hall–Kier alpha value is -2.07. The van der Waals surface area contributed by atoms with Gasteiger partial charge in [0.1, 0.15) is 5.82 Å². The van der Waals surface area contributed by atoms with Crippen LogP contribution in [0.15, 0.2) is 48.5 Å². The lowest BCUT2D eigenvalue weighted by atomic mass is 10.2. The van der Waals surface area contributed by atoms with Crippen molar-refractivity contribution in [3.05, 3.63) is 59.4 Å². The lowest BCUT2D eigenvalue weighted by Gasteiger charge is -2.21. The Morgan fingerprint density at radius 2 is 1.95 bits per heavy atom. The summed E-state index contributed by atoms with van der Waals surface area (Å²) >= 11 is 5.62. The van der Waals surface area contributed by atoms with Crippen LogP contribution in [-0.4, -0.2) is 19.0 Å². The molecule has 0 saturated heterocycles. The molecule has 3 nitrogen and oxygen atoms in total. The summed E-state index contributed by atoms with van der Waals surface area (Å²) < 4.78 is 13.3. The van der Waals surface area contributed by atoms with Crippen LogP contribution < -0.4 is 10.2 Å². The van der Waals surface area contributed by atoms with Crippen LogP contribution in [0.3, 0.4) is 0 Å². The smallest absolute Gasteiger partial charge is 0.246 e. The molecule has 2 aromatic rings. The van der Waals surface area contributed by atoms with Crippen molar-refractivity contribution in [2.75, 3.05) is 23.3 Å². The fourth-order valence-electron chi connectivity index (χ4n) is 1.99. The predicted molar refractivity (Wildman–Crippen MR) is 84.4 cm³/mol. The molecule has 2 rings (SSSR count). The van der Waals surface area contributed by atoms with Gasteiger partial charge in [-0.2, -0.15) is 0 Å². The second-order valence-electron chi connectivity index (χ2n) is 4.46. The van der Waals surface area contributed by atoms with E-state index in [-0.39, 0.29) is 17.5 Å². The van der Waals surface area contributed by atoms with Gasteiger partial charge in [-0.25, -0.2) is 4.39 Å². The van der Waals surface area contributed by atoms with E-state index in [1.807, 2.05) is 37.3 Å². The van der Waals surface area contributed by atoms with Crippen molar-refractivity contribution in [3.8, 4) is 0 Å². The van der Waals surface area contributed by atoms with Crippen LogP contribution >= 0.6 is 11.6 Å². The Labute approximate surface area is 128 Å². The number of nitrogens with one attached hydrogen (secondary N) is 1. The first-order valence-electron chi connectivity index (χ1n) is 6.66. The topological polar surface area (TPSA) is 32.3 Å². The summed E-state index contributed by atoms with van der Waals surface area (Å²) in [6, 6.07) is 13.8. The van der Waals surface area contributed by atoms with Gasteiger partial charge >= 0.3 is 0 Å². The molecule has 1 amide bonds. The predicted octanol–water partition coefficient (Wildman–Crippen LogP) is 3.94. The fraction of sp³-hybridized carbons (Fsp3) is 0.188. The highest BCUT2D eigenvalue weighted by atomic mass is 35.5. The monoisotopic (exact) mass is 306 g/mol. The van der Waals surface area contributed by atoms with Gasteiger partial charge in [-0.05, 0) is 37.3 Å². The van der Waals surface area contributed by atoms with Gasteiger partial charge in [-0.3, -0.25) is 4.79 Å². The third-order valence-electron chi connectivity index (χ3n) is 3.05. The van der Waals surface area contributed by atoms with Crippen molar-refractivity contribution >= 4 is 28.9 Å². The molecular formula is C16H16ClFN2O. The van der Waals surface area contributed by atoms with Crippen LogP contribution in [0.4, 0.5) is 15.8 Å². The van der Waals surface area contributed by atoms with Crippen molar-refractivity contribution in [2.24, 2.45) is 0 Å². The largest absolute Gasteiger partial charge is 0.376 e. The summed E-state index contributed by atoms with van der Waals surface area (Å²) in [5.74, 6) is -0.594. The van der Waals surface area contributed by atoms with Gasteiger partial charge in [0.05, 0.1) is 11.6 Å². The van der Waals surface area contributed by atoms with Gasteiger partial charge in [0, 0.05) is 17.9 Å². The van der Waals surface area contributed by atoms with Crippen LogP contribution in [0.5, 0.6) is 0 Å². The van der Waals surface area contributed by atoms with Crippen molar-refractivity contribution in [1.29, 1.82) is 0 Å². The van der Waals surface area contributed by atoms with Crippen LogP contribution in [0.2, 0.25) is 5.02 Å². The molecule has 0 aromatic heterocycles. The van der Waals surface area contributed by atoms with E-state index >= 15 is 0 Å². The van der Waals surface area contributed by atoms with E-state index in [1.54, 1.807) is 11.0 Å². The number of amides is 1. The van der Waals surface area contributed by atoms with Gasteiger partial charge in [0.15, 0.2) is 0 Å². The summed E-state index contributed by atoms with van der Waals surface area (Å²) in [5, 5.41) is 2.97. The van der Waals surface area contributed by atoms with E-state index in [4.69, 9.17) is 11.6 Å². The summed E-state index contributed by atoms with van der Waals surface area (Å²) in [7, 11) is 0. The molecule has 21 heavy (non-hydrogen) atoms. The maximum absolute atomic E-state index is 13.3. The molecule has 0 saturated carbocycles. The third kappa shape index (κ3) is 3.95. The van der Waals surface area contributed by atoms with Gasteiger partial charge in [-0.1, -0.05) is 29.8 Å². The molecule has 2 aromatic carbocycles. The number of carbonyl (C=O) groups excluding carboxylic acids is 1. The summed E-state index contributed by atoms with van der Waals surface area (Å²) in [4.78, 5) is 13.9. The van der Waals surface area contributed by atoms with E-state index in [2.05, 4.69) is 5.32 Å². The minimum atomic E-state index is -0.510. The quantitative estimate of drug-likeness (QED) is 0.907. The van der Waals surface area contributed by atoms with Crippen molar-refractivity contribution in [3.63, 3.8) is 0 Å². The highest BCUT2D eigenvalue weighted by Gasteiger charge is 2.13. The molecule has 0 aliphatic rings. The van der Waals surface area contributed by atoms with Crippen molar-refractivity contribution in [1.82, 2.24) is 0 Å². The SMILES string of the molecule is CCN(C(=O)CNc1ccc(Cl)c(F)c1)c1ccccc1. The molecule has 0 radical (unpaired) electrons. The molecule has 110 valence electrons. The Bertz CT molecular complexity index is 619. The van der Waals surface area contributed by atoms with Gasteiger partial charge < -0.3 is 10.2 Å². The number of likely N-dealkylation sites (N-methyl/N-ethyl adjacent to an activating group) is 1. The second-order valence-corrected chi connectivity index (χ2v) is 4.86. The molecule has 5 heteroatoms. The van der Waals surface area contributed by atoms with E-state index in [9.17, 15) is 9.18 Å². The lowest BCUT2D eigenvalue weighted by molar-refractivity contribution is -0.116. The molecule has 0 bridgehead atoms. The highest BCUT2D eigenvalue weighted by molar-refractivity contribution is 6.30. The Morgan fingerprint density at radius 1 is 1.24 bits per heavy atom. The minimum absolute atomic E-state index is 0.0614. The van der Waals surface area contributed by atoms with E-state index in [1.165, 1.54) is 12.1 Å². The van der Waals surface area contributed by atoms with Crippen LogP contribution in [0.1, 0.15) is 6.92 Å². The number of benzene rings is 2. The Kier molecular flexibility index (Phi) is 5.17. The number of hydrogen-bond donors (Lipinski definition) is 1. The summed E-state index contributed by atoms with van der Waals surface area (Å²) in [6.45, 7) is 2.57. The Balaban J connectivity index is 2.01. The fourth-order valence-corrected chi connectivity index (χ4v) is 2.11. The van der Waals surface area contributed by atoms with E-state index in [0.29, 0.717) is 12.2 Å². The standard InChI is InChI=1S/C16H16ClFN2O/c1-2-20(13-6-4-3-5-7-13)16(21)11-19-12-8-9-14(17)15(18)10-12/h3-10,19H,2,11H2,1H3. The van der Waals surface area contributed by atoms with Crippen LogP contribution in [0, 0.1) is 5.82 Å². The van der Waals surface area contributed by atoms with Gasteiger partial charge in [0.25, 0.3) is 0 Å². The Morgan fingerprint density at radius 3 is 2.57 bits per heavy atom. The normalized spacial score (nSPS) is 10.2. The maximum atomic E-state index is 13.3. The zero-order valence-electron chi connectivity index (χ0n) is 11.6. The zero-order valence-corrected chi connectivity index (χ0v) is 12.4. The molecule has 0 heterocycles. The first-order chi connectivity index (χ1) is 10.1. The first kappa shape index (κ1) is 15.3. The molecule has 0 spiro atoms. The third-order valence-corrected chi connectivity index (χ3v) is 3.36. The van der Waals surface area contributed by atoms with Crippen LogP contribution in [-0.2, 0) is 4.79 Å². The molecule has 0 aliphatic carbocycles. The number of halogens is 2. The number of para-hydroxylation sites is 1. The van der Waals surface area contributed by atoms with Gasteiger partial charge in [-0.15, -0.1) is 0 Å². The number of rotatable bonds is 5. The number of anilines is 2. The molecule has 0 fully saturated rings. The molecule has 1 N–H and O–H groups in total. The molecular weight excluding hydrogens is 291 g/mol. The number of carbonyl (C=O) groups is 1. The molecule has 0 atom stereocenters. The maximum Gasteiger partial charge on any atom is 0.246 e. The molecule has 0 unspecified atom stereocenters. The highest BCUT2D eigenvalue weighted by Crippen LogP contribution is 2.19. The first-order valence-corrected chi connectivity index (χ1v) is 7.04. The van der Waals surface area contributed by atoms with Crippen LogP contribution in [0.25, 0.3) is 0 Å². The van der Waals surface area contributed by atoms with E-state index < -0.39 is 5.82 Å². The number of nitrogens with zero attached hydrogens (tertiary/aromatic N) is 1. The average Bonchev–Trinajstić information content (AvgIpc) is 2.50. The number of hydrogen-bond acceptors (Lipinski definition) is 2. The van der Waals surface area contributed by atoms with Crippen molar-refractivity contribution < 1.29 is 9.18 Å². The summed E-state index contributed by atoms with van der Waals surface area (Å²) in [6.07, 6.45) is 0.